The van der Waals surface area contributed by atoms with Gasteiger partial charge < -0.3 is 19.5 Å². The summed E-state index contributed by atoms with van der Waals surface area (Å²) < 4.78 is 12.7. The van der Waals surface area contributed by atoms with Crippen LogP contribution in [-0.2, 0) is 29.0 Å². The number of fused-ring (bicyclic) bond motifs is 1. The number of esters is 1. The predicted octanol–water partition coefficient (Wildman–Crippen LogP) is 3.86. The predicted molar refractivity (Wildman–Crippen MR) is 125 cm³/mol. The molecule has 0 unspecified atom stereocenters. The molecule has 1 aliphatic heterocycles. The number of ether oxygens (including phenoxy) is 1. The molecule has 0 atom stereocenters. The first kappa shape index (κ1) is 23.0. The lowest BCUT2D eigenvalue weighted by Crippen LogP contribution is -2.27. The second-order valence-corrected chi connectivity index (χ2v) is 9.22. The van der Waals surface area contributed by atoms with Crippen LogP contribution in [-0.4, -0.2) is 44.6 Å². The Bertz CT molecular complexity index is 1100. The maximum Gasteiger partial charge on any atom is 0.307 e. The summed E-state index contributed by atoms with van der Waals surface area (Å²) in [5, 5.41) is 11.8. The van der Waals surface area contributed by atoms with Crippen LogP contribution >= 0.6 is 0 Å². The third kappa shape index (κ3) is 5.78. The fraction of sp³-hybridized carbons (Fsp3) is 0.500. The standard InChI is InChI=1S/C24H32N6O3/c1-5-29-16-19(15-26-29)22-27-23(28-33-22)30-12-6-7-18-13-17(8-9-20(18)30)14-25-11-10-21(31)32-24(2,3)4/h8-9,13,15-16,25H,5-7,10-12,14H2,1-4H3. The zero-order valence-electron chi connectivity index (χ0n) is 19.8. The van der Waals surface area contributed by atoms with Gasteiger partial charge >= 0.3 is 5.97 Å². The fourth-order valence-corrected chi connectivity index (χ4v) is 3.87. The largest absolute Gasteiger partial charge is 0.460 e. The van der Waals surface area contributed by atoms with E-state index in [4.69, 9.17) is 9.26 Å². The van der Waals surface area contributed by atoms with Gasteiger partial charge in [-0.3, -0.25) is 9.48 Å². The third-order valence-electron chi connectivity index (χ3n) is 5.38. The molecule has 176 valence electrons. The van der Waals surface area contributed by atoms with Gasteiger partial charge in [-0.15, -0.1) is 0 Å². The molecule has 0 spiro atoms. The molecule has 2 aromatic heterocycles. The zero-order chi connectivity index (χ0) is 23.4. The van der Waals surface area contributed by atoms with Crippen molar-refractivity contribution in [2.45, 2.75) is 65.6 Å². The minimum absolute atomic E-state index is 0.183. The number of carbonyl (C=O) groups excluding carboxylic acids is 1. The van der Waals surface area contributed by atoms with Crippen LogP contribution in [0.15, 0.2) is 35.1 Å². The summed E-state index contributed by atoms with van der Waals surface area (Å²) >= 11 is 0. The number of nitrogens with zero attached hydrogens (tertiary/aromatic N) is 5. The van der Waals surface area contributed by atoms with E-state index in [9.17, 15) is 4.79 Å². The molecule has 9 heteroatoms. The molecular weight excluding hydrogens is 420 g/mol. The Balaban J connectivity index is 1.38. The van der Waals surface area contributed by atoms with Crippen LogP contribution in [0.1, 0.15) is 51.7 Å². The number of aryl methyl sites for hydroxylation is 2. The highest BCUT2D eigenvalue weighted by atomic mass is 16.6. The van der Waals surface area contributed by atoms with Gasteiger partial charge in [-0.2, -0.15) is 10.1 Å². The maximum absolute atomic E-state index is 11.8. The van der Waals surface area contributed by atoms with Gasteiger partial charge in [0.25, 0.3) is 11.8 Å². The highest BCUT2D eigenvalue weighted by molar-refractivity contribution is 5.70. The Kier molecular flexibility index (Phi) is 6.78. The summed E-state index contributed by atoms with van der Waals surface area (Å²) in [5.41, 5.74) is 3.92. The molecule has 9 nitrogen and oxygen atoms in total. The second-order valence-electron chi connectivity index (χ2n) is 9.22. The van der Waals surface area contributed by atoms with Crippen molar-refractivity contribution in [1.29, 1.82) is 0 Å². The molecule has 1 N–H and O–H groups in total. The highest BCUT2D eigenvalue weighted by Crippen LogP contribution is 2.33. The lowest BCUT2D eigenvalue weighted by molar-refractivity contribution is -0.154. The number of rotatable bonds is 8. The van der Waals surface area contributed by atoms with Gasteiger partial charge in [-0.1, -0.05) is 12.1 Å². The second kappa shape index (κ2) is 9.74. The van der Waals surface area contributed by atoms with Crippen molar-refractivity contribution >= 4 is 17.6 Å². The van der Waals surface area contributed by atoms with E-state index in [1.54, 1.807) is 6.20 Å². The van der Waals surface area contributed by atoms with E-state index in [0.717, 1.165) is 37.2 Å². The normalized spacial score (nSPS) is 13.8. The van der Waals surface area contributed by atoms with Crippen molar-refractivity contribution in [3.05, 3.63) is 41.7 Å². The average Bonchev–Trinajstić information content (AvgIpc) is 3.44. The fourth-order valence-electron chi connectivity index (χ4n) is 3.87. The van der Waals surface area contributed by atoms with Crippen LogP contribution in [0, 0.1) is 0 Å². The van der Waals surface area contributed by atoms with Gasteiger partial charge in [0.1, 0.15) is 5.60 Å². The van der Waals surface area contributed by atoms with Crippen LogP contribution in [0.2, 0.25) is 0 Å². The molecule has 0 saturated heterocycles. The molecule has 33 heavy (non-hydrogen) atoms. The molecule has 0 aliphatic carbocycles. The van der Waals surface area contributed by atoms with E-state index in [1.165, 1.54) is 11.1 Å². The van der Waals surface area contributed by atoms with E-state index >= 15 is 0 Å². The summed E-state index contributed by atoms with van der Waals surface area (Å²) in [5.74, 6) is 0.860. The Labute approximate surface area is 194 Å². The van der Waals surface area contributed by atoms with Gasteiger partial charge in [0.2, 0.25) is 0 Å². The van der Waals surface area contributed by atoms with E-state index in [1.807, 2.05) is 38.6 Å². The number of benzene rings is 1. The first-order chi connectivity index (χ1) is 15.8. The number of hydrogen-bond acceptors (Lipinski definition) is 8. The monoisotopic (exact) mass is 452 g/mol. The topological polar surface area (TPSA) is 98.3 Å². The Morgan fingerprint density at radius 1 is 1.30 bits per heavy atom. The SMILES string of the molecule is CCn1cc(-c2nc(N3CCCc4cc(CNCCC(=O)OC(C)(C)C)ccc43)no2)cn1. The molecule has 0 bridgehead atoms. The quantitative estimate of drug-likeness (QED) is 0.406. The number of anilines is 2. The lowest BCUT2D eigenvalue weighted by Gasteiger charge is -2.28. The van der Waals surface area contributed by atoms with E-state index in [0.29, 0.717) is 31.3 Å². The van der Waals surface area contributed by atoms with Crippen molar-refractivity contribution in [2.75, 3.05) is 18.0 Å². The number of aromatic nitrogens is 4. The van der Waals surface area contributed by atoms with Crippen molar-refractivity contribution in [2.24, 2.45) is 0 Å². The molecule has 0 amide bonds. The lowest BCUT2D eigenvalue weighted by atomic mass is 9.99. The molecule has 3 heterocycles. The maximum atomic E-state index is 11.8. The van der Waals surface area contributed by atoms with Crippen LogP contribution in [0.5, 0.6) is 0 Å². The summed E-state index contributed by atoms with van der Waals surface area (Å²) in [7, 11) is 0. The Hall–Kier alpha value is -3.20. The summed E-state index contributed by atoms with van der Waals surface area (Å²) in [6, 6.07) is 6.43. The Morgan fingerprint density at radius 3 is 2.91 bits per heavy atom. The van der Waals surface area contributed by atoms with Gasteiger partial charge in [0.15, 0.2) is 0 Å². The molecule has 0 fully saturated rings. The van der Waals surface area contributed by atoms with Crippen molar-refractivity contribution in [3.8, 4) is 11.5 Å². The molecular formula is C24H32N6O3. The van der Waals surface area contributed by atoms with Crippen molar-refractivity contribution < 1.29 is 14.1 Å². The highest BCUT2D eigenvalue weighted by Gasteiger charge is 2.23. The van der Waals surface area contributed by atoms with Crippen molar-refractivity contribution in [1.82, 2.24) is 25.2 Å². The van der Waals surface area contributed by atoms with Crippen LogP contribution in [0.4, 0.5) is 11.6 Å². The molecule has 0 saturated carbocycles. The zero-order valence-corrected chi connectivity index (χ0v) is 19.8. The third-order valence-corrected chi connectivity index (χ3v) is 5.38. The smallest absolute Gasteiger partial charge is 0.307 e. The van der Waals surface area contributed by atoms with E-state index < -0.39 is 5.60 Å². The first-order valence-corrected chi connectivity index (χ1v) is 11.5. The number of carbonyl (C=O) groups is 1. The molecule has 1 aromatic carbocycles. The summed E-state index contributed by atoms with van der Waals surface area (Å²) in [6.07, 6.45) is 6.02. The van der Waals surface area contributed by atoms with E-state index in [-0.39, 0.29) is 5.97 Å². The van der Waals surface area contributed by atoms with Gasteiger partial charge in [-0.05, 0) is 62.9 Å². The van der Waals surface area contributed by atoms with E-state index in [2.05, 4.69) is 43.7 Å². The molecule has 4 rings (SSSR count). The number of hydrogen-bond donors (Lipinski definition) is 1. The van der Waals surface area contributed by atoms with Crippen molar-refractivity contribution in [3.63, 3.8) is 0 Å². The molecule has 0 radical (unpaired) electrons. The minimum Gasteiger partial charge on any atom is -0.460 e. The van der Waals surface area contributed by atoms with Crippen LogP contribution in [0.25, 0.3) is 11.5 Å². The summed E-state index contributed by atoms with van der Waals surface area (Å²) in [4.78, 5) is 18.6. The average molecular weight is 453 g/mol. The molecule has 3 aromatic rings. The van der Waals surface area contributed by atoms with Crippen LogP contribution in [0.3, 0.4) is 0 Å². The summed E-state index contributed by atoms with van der Waals surface area (Å²) in [6.45, 7) is 10.6. The Morgan fingerprint density at radius 2 is 2.15 bits per heavy atom. The first-order valence-electron chi connectivity index (χ1n) is 11.5. The number of nitrogens with one attached hydrogen (secondary N) is 1. The van der Waals surface area contributed by atoms with Crippen LogP contribution < -0.4 is 10.2 Å². The minimum atomic E-state index is -0.446. The molecule has 1 aliphatic rings. The van der Waals surface area contributed by atoms with Gasteiger partial charge in [0, 0.05) is 38.1 Å². The van der Waals surface area contributed by atoms with Gasteiger partial charge in [-0.25, -0.2) is 0 Å². The van der Waals surface area contributed by atoms with Gasteiger partial charge in [0.05, 0.1) is 18.2 Å².